The summed E-state index contributed by atoms with van der Waals surface area (Å²) in [4.78, 5) is 25.2. The highest BCUT2D eigenvalue weighted by atomic mass is 16.5. The lowest BCUT2D eigenvalue weighted by Crippen LogP contribution is -2.45. The van der Waals surface area contributed by atoms with Gasteiger partial charge in [0.25, 0.3) is 0 Å². The number of hydrogen-bond donors (Lipinski definition) is 2. The third-order valence-electron chi connectivity index (χ3n) is 5.87. The van der Waals surface area contributed by atoms with Crippen LogP contribution in [-0.2, 0) is 21.6 Å². The average Bonchev–Trinajstić information content (AvgIpc) is 2.83. The number of amides is 2. The molecule has 2 N–H and O–H groups in total. The predicted molar refractivity (Wildman–Crippen MR) is 135 cm³/mol. The topological polar surface area (TPSA) is 76.7 Å². The van der Waals surface area contributed by atoms with Gasteiger partial charge in [-0.2, -0.15) is 0 Å². The molecule has 6 nitrogen and oxygen atoms in total. The number of nitrogens with one attached hydrogen (secondary N) is 2. The molecular formula is C29H30N2O4. The molecule has 4 rings (SSSR count). The van der Waals surface area contributed by atoms with Gasteiger partial charge in [-0.1, -0.05) is 75.4 Å². The largest absolute Gasteiger partial charge is 0.457 e. The van der Waals surface area contributed by atoms with Crippen molar-refractivity contribution in [3.05, 3.63) is 107 Å². The second kappa shape index (κ2) is 10.1. The van der Waals surface area contributed by atoms with Gasteiger partial charge >= 0.3 is 12.0 Å². The lowest BCUT2D eigenvalue weighted by Gasteiger charge is -2.28. The first-order valence-electron chi connectivity index (χ1n) is 11.6. The molecule has 0 saturated heterocycles. The number of carbonyl (C=O) groups excluding carboxylic acids is 2. The molecule has 0 spiro atoms. The molecule has 1 aliphatic rings. The molecule has 0 bridgehead atoms. The van der Waals surface area contributed by atoms with Gasteiger partial charge in [0.1, 0.15) is 18.1 Å². The maximum Gasteiger partial charge on any atom is 0.338 e. The fourth-order valence-electron chi connectivity index (χ4n) is 3.90. The van der Waals surface area contributed by atoms with Gasteiger partial charge in [-0.15, -0.1) is 0 Å². The van der Waals surface area contributed by atoms with Gasteiger partial charge in [-0.05, 0) is 53.3 Å². The molecule has 0 fully saturated rings. The summed E-state index contributed by atoms with van der Waals surface area (Å²) in [5.74, 6) is 0.913. The van der Waals surface area contributed by atoms with Gasteiger partial charge in [-0.25, -0.2) is 9.59 Å². The molecule has 1 heterocycles. The van der Waals surface area contributed by atoms with Crippen LogP contribution in [0.1, 0.15) is 50.4 Å². The second-order valence-electron chi connectivity index (χ2n) is 9.58. The van der Waals surface area contributed by atoms with Crippen molar-refractivity contribution < 1.29 is 19.1 Å². The summed E-state index contributed by atoms with van der Waals surface area (Å²) in [6.07, 6.45) is 0. The maximum atomic E-state index is 13.0. The SMILES string of the molecule is CC1=C(C(=O)OCc2ccccc2)C(c2ccc(Oc3ccc(C(C)(C)C)cc3)cc2)NC(=O)N1. The number of hydrogen-bond acceptors (Lipinski definition) is 4. The number of urea groups is 1. The maximum absolute atomic E-state index is 13.0. The number of carbonyl (C=O) groups is 2. The zero-order valence-corrected chi connectivity index (χ0v) is 20.4. The molecule has 0 aromatic heterocycles. The van der Waals surface area contributed by atoms with Crippen LogP contribution in [0.4, 0.5) is 4.79 Å². The Bertz CT molecular complexity index is 1220. The number of benzene rings is 3. The van der Waals surface area contributed by atoms with Gasteiger partial charge in [0.05, 0.1) is 11.6 Å². The number of ether oxygens (including phenoxy) is 2. The van der Waals surface area contributed by atoms with Crippen molar-refractivity contribution >= 4 is 12.0 Å². The van der Waals surface area contributed by atoms with Crippen molar-refractivity contribution in [1.29, 1.82) is 0 Å². The van der Waals surface area contributed by atoms with Crippen molar-refractivity contribution in [2.45, 2.75) is 45.8 Å². The van der Waals surface area contributed by atoms with E-state index in [-0.39, 0.29) is 18.1 Å². The molecule has 0 radical (unpaired) electrons. The van der Waals surface area contributed by atoms with Crippen LogP contribution < -0.4 is 15.4 Å². The Morgan fingerprint density at radius 3 is 2.09 bits per heavy atom. The summed E-state index contributed by atoms with van der Waals surface area (Å²) >= 11 is 0. The minimum Gasteiger partial charge on any atom is -0.457 e. The zero-order valence-electron chi connectivity index (χ0n) is 20.4. The van der Waals surface area contributed by atoms with Crippen molar-refractivity contribution in [3.63, 3.8) is 0 Å². The van der Waals surface area contributed by atoms with Crippen molar-refractivity contribution in [2.24, 2.45) is 0 Å². The van der Waals surface area contributed by atoms with E-state index in [0.29, 0.717) is 17.0 Å². The monoisotopic (exact) mass is 470 g/mol. The predicted octanol–water partition coefficient (Wildman–Crippen LogP) is 6.15. The highest BCUT2D eigenvalue weighted by Crippen LogP contribution is 2.31. The van der Waals surface area contributed by atoms with E-state index >= 15 is 0 Å². The molecule has 180 valence electrons. The Morgan fingerprint density at radius 2 is 1.49 bits per heavy atom. The van der Waals surface area contributed by atoms with Crippen LogP contribution >= 0.6 is 0 Å². The van der Waals surface area contributed by atoms with Crippen molar-refractivity contribution in [3.8, 4) is 11.5 Å². The van der Waals surface area contributed by atoms with Crippen LogP contribution in [0.25, 0.3) is 0 Å². The van der Waals surface area contributed by atoms with Crippen LogP contribution in [-0.4, -0.2) is 12.0 Å². The minimum atomic E-state index is -0.632. The highest BCUT2D eigenvalue weighted by molar-refractivity contribution is 5.95. The molecule has 0 aliphatic carbocycles. The summed E-state index contributed by atoms with van der Waals surface area (Å²) in [6.45, 7) is 8.36. The number of allylic oxidation sites excluding steroid dienone is 1. The molecule has 3 aromatic rings. The summed E-state index contributed by atoms with van der Waals surface area (Å²) in [5.41, 5.74) is 3.78. The normalized spacial score (nSPS) is 15.8. The van der Waals surface area contributed by atoms with Gasteiger partial charge in [-0.3, -0.25) is 0 Å². The van der Waals surface area contributed by atoms with Crippen LogP contribution in [0.2, 0.25) is 0 Å². The minimum absolute atomic E-state index is 0.0745. The number of esters is 1. The van der Waals surface area contributed by atoms with E-state index in [1.165, 1.54) is 5.56 Å². The van der Waals surface area contributed by atoms with E-state index in [4.69, 9.17) is 9.47 Å². The summed E-state index contributed by atoms with van der Waals surface area (Å²) in [7, 11) is 0. The van der Waals surface area contributed by atoms with Crippen LogP contribution in [0.3, 0.4) is 0 Å². The van der Waals surface area contributed by atoms with Crippen LogP contribution in [0, 0.1) is 0 Å². The molecular weight excluding hydrogens is 440 g/mol. The summed E-state index contributed by atoms with van der Waals surface area (Å²) in [6, 6.07) is 23.8. The van der Waals surface area contributed by atoms with E-state index in [9.17, 15) is 9.59 Å². The van der Waals surface area contributed by atoms with Crippen molar-refractivity contribution in [1.82, 2.24) is 10.6 Å². The molecule has 0 saturated carbocycles. The van der Waals surface area contributed by atoms with E-state index in [0.717, 1.165) is 16.9 Å². The molecule has 1 unspecified atom stereocenters. The van der Waals surface area contributed by atoms with E-state index in [1.807, 2.05) is 66.7 Å². The molecule has 1 atom stereocenters. The lowest BCUT2D eigenvalue weighted by atomic mass is 9.87. The van der Waals surface area contributed by atoms with Gasteiger partial charge in [0.15, 0.2) is 0 Å². The smallest absolute Gasteiger partial charge is 0.338 e. The molecule has 6 heteroatoms. The van der Waals surface area contributed by atoms with Crippen LogP contribution in [0.15, 0.2) is 90.1 Å². The Balaban J connectivity index is 1.49. The molecule has 1 aliphatic heterocycles. The average molecular weight is 471 g/mol. The van der Waals surface area contributed by atoms with Gasteiger partial charge in [0, 0.05) is 5.70 Å². The zero-order chi connectivity index (χ0) is 25.0. The Hall–Kier alpha value is -4.06. The van der Waals surface area contributed by atoms with E-state index in [1.54, 1.807) is 6.92 Å². The first-order chi connectivity index (χ1) is 16.7. The first kappa shape index (κ1) is 24.1. The Morgan fingerprint density at radius 1 is 0.886 bits per heavy atom. The molecule has 35 heavy (non-hydrogen) atoms. The quantitative estimate of drug-likeness (QED) is 0.424. The van der Waals surface area contributed by atoms with E-state index < -0.39 is 12.0 Å². The third kappa shape index (κ3) is 5.90. The molecule has 3 aromatic carbocycles. The van der Waals surface area contributed by atoms with Gasteiger partial charge < -0.3 is 20.1 Å². The lowest BCUT2D eigenvalue weighted by molar-refractivity contribution is -0.140. The van der Waals surface area contributed by atoms with Crippen LogP contribution in [0.5, 0.6) is 11.5 Å². The highest BCUT2D eigenvalue weighted by Gasteiger charge is 2.32. The van der Waals surface area contributed by atoms with E-state index in [2.05, 4.69) is 43.5 Å². The fourth-order valence-corrected chi connectivity index (χ4v) is 3.90. The fraction of sp³-hybridized carbons (Fsp3) is 0.241. The number of rotatable bonds is 6. The summed E-state index contributed by atoms with van der Waals surface area (Å²) < 4.78 is 11.5. The third-order valence-corrected chi connectivity index (χ3v) is 5.87. The Labute approximate surface area is 206 Å². The van der Waals surface area contributed by atoms with Gasteiger partial charge in [0.2, 0.25) is 0 Å². The molecule has 2 amide bonds. The standard InChI is InChI=1S/C29H30N2O4/c1-19-25(27(32)34-18-20-8-6-5-7-9-20)26(31-28(33)30-19)21-10-14-23(15-11-21)35-24-16-12-22(13-17-24)29(2,3)4/h5-17,26H,18H2,1-4H3,(H2,30,31,33). The van der Waals surface area contributed by atoms with Crippen molar-refractivity contribution in [2.75, 3.05) is 0 Å². The second-order valence-corrected chi connectivity index (χ2v) is 9.58. The summed E-state index contributed by atoms with van der Waals surface area (Å²) in [5, 5.41) is 5.50. The Kier molecular flexibility index (Phi) is 6.92. The first-order valence-corrected chi connectivity index (χ1v) is 11.6.